The van der Waals surface area contributed by atoms with E-state index in [0.29, 0.717) is 30.7 Å². The van der Waals surface area contributed by atoms with Crippen molar-refractivity contribution in [1.29, 1.82) is 0 Å². The minimum absolute atomic E-state index is 0.0656. The Labute approximate surface area is 299 Å². The van der Waals surface area contributed by atoms with E-state index >= 15 is 0 Å². The predicted octanol–water partition coefficient (Wildman–Crippen LogP) is 7.71. The first-order valence-electron chi connectivity index (χ1n) is 19.8. The number of ether oxygens (including phenoxy) is 1. The van der Waals surface area contributed by atoms with Gasteiger partial charge in [0.25, 0.3) is 5.56 Å². The average molecular weight is 685 g/mol. The summed E-state index contributed by atoms with van der Waals surface area (Å²) in [5.74, 6) is 1.32. The minimum Gasteiger partial charge on any atom is -0.462 e. The number of carbonyl (C=O) groups excluding carboxylic acids is 3. The SMILES string of the molecule is CC(=O)O[C@@H]1CC[C@]2(C)[C@H](CC[C@]3(C)[C@@H]2C(=O)C=C2[C@@H]4C[C@](C)(C(=O)N5C[C@H]6C[C@@H](C5)c5cccc(=O)n5C6)CC[C@]4(C)CC[C@]23C)C1(C)C. The van der Waals surface area contributed by atoms with Gasteiger partial charge in [-0.25, -0.2) is 0 Å². The zero-order valence-electron chi connectivity index (χ0n) is 31.9. The third-order valence-electron chi connectivity index (χ3n) is 17.1. The highest BCUT2D eigenvalue weighted by Gasteiger charge is 2.70. The normalized spacial score (nSPS) is 45.9. The maximum Gasteiger partial charge on any atom is 0.302 e. The van der Waals surface area contributed by atoms with Crippen molar-refractivity contribution in [2.45, 2.75) is 138 Å². The van der Waals surface area contributed by atoms with Crippen LogP contribution >= 0.6 is 0 Å². The Kier molecular flexibility index (Phi) is 7.51. The van der Waals surface area contributed by atoms with Gasteiger partial charge in [-0.1, -0.05) is 60.1 Å². The van der Waals surface area contributed by atoms with Gasteiger partial charge >= 0.3 is 5.97 Å². The Balaban J connectivity index is 1.10. The van der Waals surface area contributed by atoms with Crippen LogP contribution in [0.5, 0.6) is 0 Å². The first-order chi connectivity index (χ1) is 23.4. The summed E-state index contributed by atoms with van der Waals surface area (Å²) in [4.78, 5) is 56.5. The number of amides is 1. The van der Waals surface area contributed by atoms with Crippen molar-refractivity contribution >= 4 is 17.7 Å². The number of carbonyl (C=O) groups is 3. The van der Waals surface area contributed by atoms with E-state index in [2.05, 4.69) is 65.5 Å². The summed E-state index contributed by atoms with van der Waals surface area (Å²) in [5, 5.41) is 0. The average Bonchev–Trinajstić information content (AvgIpc) is 3.04. The van der Waals surface area contributed by atoms with Crippen LogP contribution in [0.1, 0.15) is 131 Å². The summed E-state index contributed by atoms with van der Waals surface area (Å²) in [6.07, 6.45) is 11.7. The summed E-state index contributed by atoms with van der Waals surface area (Å²) in [5.41, 5.74) is 1.45. The van der Waals surface area contributed by atoms with Gasteiger partial charge in [0.1, 0.15) is 6.10 Å². The largest absolute Gasteiger partial charge is 0.462 e. The molecule has 0 spiro atoms. The molecule has 50 heavy (non-hydrogen) atoms. The van der Waals surface area contributed by atoms with Gasteiger partial charge in [-0.15, -0.1) is 0 Å². The van der Waals surface area contributed by atoms with Gasteiger partial charge in [0.05, 0.1) is 0 Å². The topological polar surface area (TPSA) is 85.7 Å². The number of allylic oxidation sites excluding steroid dienone is 2. The van der Waals surface area contributed by atoms with Crippen molar-refractivity contribution < 1.29 is 19.1 Å². The van der Waals surface area contributed by atoms with Crippen LogP contribution in [0.15, 0.2) is 34.6 Å². The van der Waals surface area contributed by atoms with Crippen LogP contribution in [0.25, 0.3) is 0 Å². The standard InChI is InChI=1S/C43H60N2O5/c1-26(46)50-34-13-14-41(6)33(38(34,2)3)12-15-43(8)36(41)32(47)21-29-30-22-40(5,17-16-39(30,4)18-19-42(29,43)7)37(49)44-23-27-20-28(25-44)31-10-9-11-35(48)45(31)24-27/h9-11,21,27-28,30,33-34,36H,12-20,22-25H2,1-8H3/t27-,28+,30+,33-,34-,36-,39-,40-,41-,42-,43-/m1/s1. The number of hydrogen-bond donors (Lipinski definition) is 0. The molecule has 2 aliphatic heterocycles. The fourth-order valence-electron chi connectivity index (χ4n) is 14.2. The Bertz CT molecular complexity index is 1740. The van der Waals surface area contributed by atoms with E-state index in [4.69, 9.17) is 4.74 Å². The van der Waals surface area contributed by atoms with Crippen molar-refractivity contribution in [2.75, 3.05) is 13.1 Å². The molecule has 272 valence electrons. The molecule has 3 heterocycles. The Morgan fingerprint density at radius 1 is 0.860 bits per heavy atom. The monoisotopic (exact) mass is 684 g/mol. The molecule has 7 aliphatic rings. The lowest BCUT2D eigenvalue weighted by Crippen LogP contribution is -2.67. The number of nitrogens with zero attached hydrogens (tertiary/aromatic N) is 2. The number of ketones is 1. The lowest BCUT2D eigenvalue weighted by Gasteiger charge is -2.70. The second-order valence-corrected chi connectivity index (χ2v) is 20.1. The van der Waals surface area contributed by atoms with Crippen molar-refractivity contribution in [3.63, 3.8) is 0 Å². The van der Waals surface area contributed by atoms with E-state index < -0.39 is 5.41 Å². The molecule has 1 aromatic heterocycles. The molecular weight excluding hydrogens is 624 g/mol. The van der Waals surface area contributed by atoms with Crippen molar-refractivity contribution in [3.05, 3.63) is 45.9 Å². The van der Waals surface area contributed by atoms with Crippen LogP contribution in [0.3, 0.4) is 0 Å². The molecular formula is C43H60N2O5. The van der Waals surface area contributed by atoms with Gasteiger partial charge in [0, 0.05) is 61.0 Å². The van der Waals surface area contributed by atoms with Crippen LogP contribution < -0.4 is 5.56 Å². The lowest BCUT2D eigenvalue weighted by molar-refractivity contribution is -0.210. The highest BCUT2D eigenvalue weighted by Crippen LogP contribution is 2.75. The fraction of sp³-hybridized carbons (Fsp3) is 0.767. The maximum absolute atomic E-state index is 14.9. The van der Waals surface area contributed by atoms with E-state index in [1.165, 1.54) is 12.5 Å². The molecule has 0 aromatic carbocycles. The maximum atomic E-state index is 14.9. The number of hydrogen-bond acceptors (Lipinski definition) is 5. The second-order valence-electron chi connectivity index (χ2n) is 20.1. The number of fused-ring (bicyclic) bond motifs is 11. The third kappa shape index (κ3) is 4.58. The molecule has 1 amide bonds. The second kappa shape index (κ2) is 10.9. The Morgan fingerprint density at radius 3 is 2.34 bits per heavy atom. The number of piperidine rings is 1. The van der Waals surface area contributed by atoms with Gasteiger partial charge in [-0.05, 0) is 116 Å². The number of pyridine rings is 1. The minimum atomic E-state index is -0.477. The summed E-state index contributed by atoms with van der Waals surface area (Å²) in [6, 6.07) is 5.60. The molecule has 2 bridgehead atoms. The molecule has 4 saturated carbocycles. The summed E-state index contributed by atoms with van der Waals surface area (Å²) in [6.45, 7) is 20.1. The third-order valence-corrected chi connectivity index (χ3v) is 17.1. The van der Waals surface area contributed by atoms with E-state index in [9.17, 15) is 19.2 Å². The van der Waals surface area contributed by atoms with Crippen molar-refractivity contribution in [3.8, 4) is 0 Å². The van der Waals surface area contributed by atoms with E-state index in [-0.39, 0.29) is 68.4 Å². The number of rotatable bonds is 2. The molecule has 0 radical (unpaired) electrons. The quantitative estimate of drug-likeness (QED) is 0.298. The van der Waals surface area contributed by atoms with E-state index in [1.54, 1.807) is 6.07 Å². The molecule has 5 aliphatic carbocycles. The van der Waals surface area contributed by atoms with Gasteiger partial charge in [0.15, 0.2) is 5.78 Å². The van der Waals surface area contributed by atoms with Crippen LogP contribution in [0, 0.1) is 56.2 Å². The number of esters is 1. The van der Waals surface area contributed by atoms with Gasteiger partial charge in [0.2, 0.25) is 5.91 Å². The Hall–Kier alpha value is -2.70. The van der Waals surface area contributed by atoms with Gasteiger partial charge < -0.3 is 14.2 Å². The Morgan fingerprint density at radius 2 is 1.60 bits per heavy atom. The molecule has 8 rings (SSSR count). The summed E-state index contributed by atoms with van der Waals surface area (Å²) < 4.78 is 7.85. The molecule has 7 nitrogen and oxygen atoms in total. The van der Waals surface area contributed by atoms with Crippen LogP contribution in [-0.2, 0) is 25.7 Å². The number of likely N-dealkylation sites (tertiary alicyclic amines) is 1. The van der Waals surface area contributed by atoms with E-state index in [1.807, 2.05) is 10.6 Å². The van der Waals surface area contributed by atoms with Crippen LogP contribution in [-0.4, -0.2) is 46.3 Å². The van der Waals surface area contributed by atoms with E-state index in [0.717, 1.165) is 76.4 Å². The van der Waals surface area contributed by atoms with Crippen LogP contribution in [0.4, 0.5) is 0 Å². The number of aromatic nitrogens is 1. The van der Waals surface area contributed by atoms with Gasteiger partial charge in [-0.2, -0.15) is 0 Å². The predicted molar refractivity (Wildman–Crippen MR) is 193 cm³/mol. The molecule has 5 fully saturated rings. The first kappa shape index (κ1) is 34.4. The zero-order chi connectivity index (χ0) is 35.8. The van der Waals surface area contributed by atoms with Crippen LogP contribution in [0.2, 0.25) is 0 Å². The highest BCUT2D eigenvalue weighted by atomic mass is 16.5. The molecule has 11 atom stereocenters. The van der Waals surface area contributed by atoms with Crippen molar-refractivity contribution in [1.82, 2.24) is 9.47 Å². The fourth-order valence-corrected chi connectivity index (χ4v) is 14.2. The molecule has 1 aromatic rings. The van der Waals surface area contributed by atoms with Crippen molar-refractivity contribution in [2.24, 2.45) is 56.2 Å². The zero-order valence-corrected chi connectivity index (χ0v) is 31.9. The summed E-state index contributed by atoms with van der Waals surface area (Å²) in [7, 11) is 0. The molecule has 7 heteroatoms. The van der Waals surface area contributed by atoms with Gasteiger partial charge in [-0.3, -0.25) is 19.2 Å². The highest BCUT2D eigenvalue weighted by molar-refractivity contribution is 5.96. The molecule has 0 unspecified atom stereocenters. The molecule has 0 N–H and O–H groups in total. The first-order valence-corrected chi connectivity index (χ1v) is 19.8. The summed E-state index contributed by atoms with van der Waals surface area (Å²) >= 11 is 0. The smallest absolute Gasteiger partial charge is 0.302 e. The lowest BCUT2D eigenvalue weighted by atomic mass is 9.33. The molecule has 1 saturated heterocycles.